The first kappa shape index (κ1) is 45.3. The molecule has 0 radical (unpaired) electrons. The van der Waals surface area contributed by atoms with E-state index in [-0.39, 0.29) is 34.8 Å². The zero-order valence-corrected chi connectivity index (χ0v) is 31.0. The van der Waals surface area contributed by atoms with Crippen LogP contribution < -0.4 is 11.1 Å². The third kappa shape index (κ3) is 25.9. The Kier molecular flexibility index (Phi) is 28.2. The molecule has 0 unspecified atom stereocenters. The average Bonchev–Trinajstić information content (AvgIpc) is 3.04. The van der Waals surface area contributed by atoms with Crippen molar-refractivity contribution in [1.29, 1.82) is 0 Å². The van der Waals surface area contributed by atoms with E-state index in [9.17, 15) is 19.2 Å². The highest BCUT2D eigenvalue weighted by molar-refractivity contribution is 6.63. The molecule has 5 N–H and O–H groups in total. The van der Waals surface area contributed by atoms with Crippen LogP contribution in [0.2, 0.25) is 0 Å². The number of hydrogen-bond donors (Lipinski definition) is 4. The molecule has 0 aliphatic heterocycles. The van der Waals surface area contributed by atoms with E-state index >= 15 is 0 Å². The third-order valence-electron chi connectivity index (χ3n) is 9.96. The van der Waals surface area contributed by atoms with Crippen LogP contribution in [0, 0.1) is 10.8 Å². The molecule has 0 aromatic carbocycles. The van der Waals surface area contributed by atoms with Crippen molar-refractivity contribution in [2.24, 2.45) is 16.6 Å². The van der Waals surface area contributed by atoms with Crippen LogP contribution in [0.25, 0.3) is 0 Å². The van der Waals surface area contributed by atoms with E-state index < -0.39 is 11.9 Å². The Hall–Kier alpha value is -1.67. The fourth-order valence-electron chi connectivity index (χ4n) is 6.95. The van der Waals surface area contributed by atoms with Crippen LogP contribution in [0.5, 0.6) is 0 Å². The molecule has 0 saturated heterocycles. The largest absolute Gasteiger partial charge is 0.481 e. The summed E-state index contributed by atoms with van der Waals surface area (Å²) in [6.45, 7) is 5.49. The molecule has 2 aliphatic carbocycles. The zero-order valence-electron chi connectivity index (χ0n) is 30.2. The Bertz CT molecular complexity index is 825. The van der Waals surface area contributed by atoms with E-state index in [1.165, 1.54) is 77.0 Å². The van der Waals surface area contributed by atoms with Crippen molar-refractivity contribution in [3.05, 3.63) is 0 Å². The van der Waals surface area contributed by atoms with Crippen LogP contribution in [0.15, 0.2) is 0 Å². The smallest absolute Gasteiger partial charge is 0.303 e. The molecule has 276 valence electrons. The lowest BCUT2D eigenvalue weighted by atomic mass is 9.71. The molecular formula is C38H71ClN2O6. The summed E-state index contributed by atoms with van der Waals surface area (Å²) in [5.41, 5.74) is 5.34. The number of carbonyl (C=O) groups excluding carboxylic acids is 2. The van der Waals surface area contributed by atoms with E-state index in [0.717, 1.165) is 77.0 Å². The Morgan fingerprint density at radius 3 is 1.38 bits per heavy atom. The van der Waals surface area contributed by atoms with Gasteiger partial charge in [-0.05, 0) is 67.5 Å². The summed E-state index contributed by atoms with van der Waals surface area (Å²) in [4.78, 5) is 44.0. The minimum absolute atomic E-state index is 0.0793. The Morgan fingerprint density at radius 2 is 0.979 bits per heavy atom. The molecule has 0 heterocycles. The van der Waals surface area contributed by atoms with Gasteiger partial charge in [0, 0.05) is 19.4 Å². The molecule has 1 amide bonds. The SMILES string of the molecule is CCCCCCCCCC(=O)Cl.CCCCCCCCCC(=O)NCC1(CC(=O)O)CCCCC1.NCC1(CC(=O)O)CCCCC1. The van der Waals surface area contributed by atoms with Crippen LogP contribution >= 0.6 is 11.6 Å². The normalized spacial score (nSPS) is 16.5. The second-order valence-corrected chi connectivity index (χ2v) is 14.8. The highest BCUT2D eigenvalue weighted by atomic mass is 35.5. The number of nitrogens with two attached hydrogens (primary N) is 1. The van der Waals surface area contributed by atoms with Gasteiger partial charge in [0.25, 0.3) is 0 Å². The fraction of sp³-hybridized carbons (Fsp3) is 0.895. The molecule has 0 spiro atoms. The van der Waals surface area contributed by atoms with Gasteiger partial charge in [-0.1, -0.05) is 129 Å². The standard InChI is InChI=1S/C19H35NO3.C10H19ClO.C9H17NO2/c1-2-3-4-5-6-7-9-12-17(21)20-16-19(15-18(22)23)13-10-8-11-14-19;1-2-3-4-5-6-7-8-9-10(11)12;10-7-9(6-8(11)12)4-2-1-3-5-9/h2-16H2,1H3,(H,20,21)(H,22,23);2-9H2,1H3;1-7,10H2,(H,11,12). The quantitative estimate of drug-likeness (QED) is 0.0618. The van der Waals surface area contributed by atoms with Gasteiger partial charge in [0.15, 0.2) is 0 Å². The van der Waals surface area contributed by atoms with Crippen molar-refractivity contribution < 1.29 is 29.4 Å². The monoisotopic (exact) mass is 687 g/mol. The molecular weight excluding hydrogens is 616 g/mol. The Morgan fingerprint density at radius 1 is 0.596 bits per heavy atom. The summed E-state index contributed by atoms with van der Waals surface area (Å²) < 4.78 is 0. The van der Waals surface area contributed by atoms with Gasteiger partial charge in [0.1, 0.15) is 0 Å². The Balaban J connectivity index is 0.000000743. The molecule has 2 rings (SSSR count). The van der Waals surface area contributed by atoms with Gasteiger partial charge in [-0.15, -0.1) is 0 Å². The van der Waals surface area contributed by atoms with Gasteiger partial charge in [-0.2, -0.15) is 0 Å². The number of unbranched alkanes of at least 4 members (excludes halogenated alkanes) is 12. The van der Waals surface area contributed by atoms with Crippen molar-refractivity contribution in [3.8, 4) is 0 Å². The summed E-state index contributed by atoms with van der Waals surface area (Å²) in [5, 5.41) is 20.7. The minimum Gasteiger partial charge on any atom is -0.481 e. The van der Waals surface area contributed by atoms with E-state index in [0.29, 0.717) is 25.9 Å². The lowest BCUT2D eigenvalue weighted by molar-refractivity contribution is -0.141. The third-order valence-corrected chi connectivity index (χ3v) is 10.1. The second kappa shape index (κ2) is 29.3. The first-order valence-corrected chi connectivity index (χ1v) is 19.5. The lowest BCUT2D eigenvalue weighted by Gasteiger charge is -2.36. The molecule has 9 heteroatoms. The van der Waals surface area contributed by atoms with Crippen LogP contribution in [0.3, 0.4) is 0 Å². The van der Waals surface area contributed by atoms with Crippen molar-refractivity contribution in [2.75, 3.05) is 13.1 Å². The van der Waals surface area contributed by atoms with E-state index in [1.807, 2.05) is 0 Å². The fourth-order valence-corrected chi connectivity index (χ4v) is 7.09. The molecule has 2 saturated carbocycles. The van der Waals surface area contributed by atoms with Crippen LogP contribution in [0.4, 0.5) is 0 Å². The summed E-state index contributed by atoms with van der Waals surface area (Å²) in [7, 11) is 0. The maximum Gasteiger partial charge on any atom is 0.303 e. The number of nitrogens with one attached hydrogen (secondary N) is 1. The number of aliphatic carboxylic acids is 2. The highest BCUT2D eigenvalue weighted by Gasteiger charge is 2.35. The molecule has 8 nitrogen and oxygen atoms in total. The summed E-state index contributed by atoms with van der Waals surface area (Å²) in [5.74, 6) is -1.36. The maximum absolute atomic E-state index is 12.0. The number of carboxylic acid groups (broad SMARTS) is 2. The summed E-state index contributed by atoms with van der Waals surface area (Å²) >= 11 is 5.20. The number of carbonyl (C=O) groups is 4. The molecule has 0 aromatic heterocycles. The Labute approximate surface area is 292 Å². The first-order chi connectivity index (χ1) is 22.5. The number of carboxylic acids is 2. The van der Waals surface area contributed by atoms with Crippen molar-refractivity contribution in [3.63, 3.8) is 0 Å². The van der Waals surface area contributed by atoms with Crippen molar-refractivity contribution >= 4 is 34.7 Å². The van der Waals surface area contributed by atoms with E-state index in [1.54, 1.807) is 0 Å². The van der Waals surface area contributed by atoms with Gasteiger partial charge in [0.2, 0.25) is 11.1 Å². The molecule has 2 fully saturated rings. The number of hydrogen-bond acceptors (Lipinski definition) is 5. The lowest BCUT2D eigenvalue weighted by Crippen LogP contribution is -2.40. The van der Waals surface area contributed by atoms with Gasteiger partial charge < -0.3 is 21.3 Å². The molecule has 47 heavy (non-hydrogen) atoms. The summed E-state index contributed by atoms with van der Waals surface area (Å²) in [6, 6.07) is 0. The molecule has 0 atom stereocenters. The second-order valence-electron chi connectivity index (χ2n) is 14.3. The number of rotatable bonds is 23. The molecule has 0 bridgehead atoms. The maximum atomic E-state index is 12.0. The van der Waals surface area contributed by atoms with Crippen molar-refractivity contribution in [1.82, 2.24) is 5.32 Å². The van der Waals surface area contributed by atoms with Gasteiger partial charge in [-0.25, -0.2) is 0 Å². The highest BCUT2D eigenvalue weighted by Crippen LogP contribution is 2.39. The predicted octanol–water partition coefficient (Wildman–Crippen LogP) is 9.93. The van der Waals surface area contributed by atoms with Crippen LogP contribution in [-0.4, -0.2) is 46.4 Å². The van der Waals surface area contributed by atoms with Crippen molar-refractivity contribution in [2.45, 2.75) is 194 Å². The molecule has 2 aliphatic rings. The minimum atomic E-state index is -0.742. The predicted molar refractivity (Wildman–Crippen MR) is 194 cm³/mol. The van der Waals surface area contributed by atoms with Gasteiger partial charge >= 0.3 is 11.9 Å². The number of halogens is 1. The topological polar surface area (TPSA) is 147 Å². The van der Waals surface area contributed by atoms with E-state index in [4.69, 9.17) is 27.5 Å². The first-order valence-electron chi connectivity index (χ1n) is 19.1. The van der Waals surface area contributed by atoms with E-state index in [2.05, 4.69) is 19.2 Å². The summed E-state index contributed by atoms with van der Waals surface area (Å²) in [6.07, 6.45) is 29.4. The number of amides is 1. The average molecular weight is 687 g/mol. The van der Waals surface area contributed by atoms with Crippen LogP contribution in [-0.2, 0) is 19.2 Å². The zero-order chi connectivity index (χ0) is 35.2. The molecule has 0 aromatic rings. The van der Waals surface area contributed by atoms with Gasteiger partial charge in [0.05, 0.1) is 12.8 Å². The van der Waals surface area contributed by atoms with Gasteiger partial charge in [-0.3, -0.25) is 19.2 Å². The van der Waals surface area contributed by atoms with Crippen LogP contribution in [0.1, 0.15) is 194 Å².